The normalized spacial score (nSPS) is 24.0. The predicted octanol–water partition coefficient (Wildman–Crippen LogP) is 9.28. The van der Waals surface area contributed by atoms with Crippen molar-refractivity contribution in [2.75, 3.05) is 6.54 Å². The zero-order valence-corrected chi connectivity index (χ0v) is 25.1. The van der Waals surface area contributed by atoms with Crippen LogP contribution in [0.25, 0.3) is 28.3 Å². The largest absolute Gasteiger partial charge is 0.327 e. The maximum Gasteiger partial charge on any atom is 0.0270 e. The van der Waals surface area contributed by atoms with Crippen LogP contribution < -0.4 is 11.5 Å². The Balaban J connectivity index is 1.52. The molecule has 41 heavy (non-hydrogen) atoms. The Hall–Kier alpha value is -3.46. The fourth-order valence-electron chi connectivity index (χ4n) is 7.44. The third-order valence-electron chi connectivity index (χ3n) is 9.55. The molecule has 0 aliphatic heterocycles. The Morgan fingerprint density at radius 2 is 1.83 bits per heavy atom. The van der Waals surface area contributed by atoms with Gasteiger partial charge in [0.1, 0.15) is 0 Å². The van der Waals surface area contributed by atoms with E-state index in [1.807, 2.05) is 0 Å². The number of fused-ring (bicyclic) bond motifs is 4. The average molecular weight is 541 g/mol. The second-order valence-corrected chi connectivity index (χ2v) is 12.5. The van der Waals surface area contributed by atoms with E-state index < -0.39 is 0 Å². The number of rotatable bonds is 6. The molecule has 1 fully saturated rings. The molecule has 0 radical (unpaired) electrons. The number of nitrogens with two attached hydrogens (primary N) is 2. The van der Waals surface area contributed by atoms with Crippen molar-refractivity contribution in [3.05, 3.63) is 123 Å². The van der Waals surface area contributed by atoms with Crippen molar-refractivity contribution >= 4 is 17.2 Å². The molecule has 6 rings (SSSR count). The molecule has 210 valence electrons. The second-order valence-electron chi connectivity index (χ2n) is 12.5. The summed E-state index contributed by atoms with van der Waals surface area (Å²) in [7, 11) is 0. The molecule has 1 saturated carbocycles. The Morgan fingerprint density at radius 1 is 1.02 bits per heavy atom. The van der Waals surface area contributed by atoms with Crippen molar-refractivity contribution < 1.29 is 0 Å². The summed E-state index contributed by atoms with van der Waals surface area (Å²) in [6, 6.07) is 14.1. The Bertz CT molecular complexity index is 1580. The van der Waals surface area contributed by atoms with E-state index in [2.05, 4.69) is 107 Å². The van der Waals surface area contributed by atoms with Gasteiger partial charge in [-0.2, -0.15) is 0 Å². The average Bonchev–Trinajstić information content (AvgIpc) is 3.25. The van der Waals surface area contributed by atoms with E-state index in [4.69, 9.17) is 11.5 Å². The van der Waals surface area contributed by atoms with E-state index in [0.717, 1.165) is 12.8 Å². The van der Waals surface area contributed by atoms with Crippen LogP contribution in [-0.4, -0.2) is 12.6 Å². The van der Waals surface area contributed by atoms with Crippen molar-refractivity contribution in [2.45, 2.75) is 71.8 Å². The van der Waals surface area contributed by atoms with Gasteiger partial charge in [0.25, 0.3) is 0 Å². The lowest BCUT2D eigenvalue weighted by molar-refractivity contribution is 0.721. The lowest BCUT2D eigenvalue weighted by Crippen LogP contribution is -2.23. The maximum atomic E-state index is 6.70. The van der Waals surface area contributed by atoms with Crippen molar-refractivity contribution in [2.24, 2.45) is 17.4 Å². The van der Waals surface area contributed by atoms with Gasteiger partial charge in [0.15, 0.2) is 0 Å². The molecular formula is C39H44N2. The summed E-state index contributed by atoms with van der Waals surface area (Å²) < 4.78 is 0. The van der Waals surface area contributed by atoms with Crippen LogP contribution in [0.15, 0.2) is 101 Å². The molecule has 0 spiro atoms. The summed E-state index contributed by atoms with van der Waals surface area (Å²) >= 11 is 0. The summed E-state index contributed by atoms with van der Waals surface area (Å²) in [5, 5.41) is 0. The van der Waals surface area contributed by atoms with Gasteiger partial charge in [-0.1, -0.05) is 96.5 Å². The van der Waals surface area contributed by atoms with Gasteiger partial charge < -0.3 is 11.5 Å². The Kier molecular flexibility index (Phi) is 7.72. The van der Waals surface area contributed by atoms with Crippen LogP contribution in [0.5, 0.6) is 0 Å². The molecule has 4 N–H and O–H groups in total. The molecular weight excluding hydrogens is 496 g/mol. The van der Waals surface area contributed by atoms with Gasteiger partial charge in [-0.3, -0.25) is 0 Å². The maximum absolute atomic E-state index is 6.70. The van der Waals surface area contributed by atoms with E-state index in [0.29, 0.717) is 18.4 Å². The van der Waals surface area contributed by atoms with E-state index in [9.17, 15) is 0 Å². The van der Waals surface area contributed by atoms with E-state index in [1.54, 1.807) is 5.57 Å². The van der Waals surface area contributed by atoms with Gasteiger partial charge in [0.2, 0.25) is 0 Å². The summed E-state index contributed by atoms with van der Waals surface area (Å²) in [6.45, 7) is 9.51. The third kappa shape index (κ3) is 5.32. The molecule has 0 aromatic heterocycles. The molecule has 0 amide bonds. The molecule has 0 heterocycles. The molecule has 2 aromatic carbocycles. The van der Waals surface area contributed by atoms with Crippen molar-refractivity contribution in [1.82, 2.24) is 0 Å². The first-order chi connectivity index (χ1) is 19.9. The second kappa shape index (κ2) is 11.4. The van der Waals surface area contributed by atoms with E-state index in [1.165, 1.54) is 86.1 Å². The zero-order valence-electron chi connectivity index (χ0n) is 25.1. The molecule has 3 atom stereocenters. The monoisotopic (exact) mass is 540 g/mol. The first-order valence-corrected chi connectivity index (χ1v) is 15.5. The smallest absolute Gasteiger partial charge is 0.0270 e. The summed E-state index contributed by atoms with van der Waals surface area (Å²) in [4.78, 5) is 0. The van der Waals surface area contributed by atoms with Crippen LogP contribution in [0.3, 0.4) is 0 Å². The third-order valence-corrected chi connectivity index (χ3v) is 9.55. The van der Waals surface area contributed by atoms with E-state index >= 15 is 0 Å². The number of hydrogen-bond acceptors (Lipinski definition) is 2. The molecule has 4 aliphatic rings. The highest BCUT2D eigenvalue weighted by Crippen LogP contribution is 2.50. The van der Waals surface area contributed by atoms with Gasteiger partial charge in [-0.05, 0) is 121 Å². The summed E-state index contributed by atoms with van der Waals surface area (Å²) in [6.07, 6.45) is 21.8. The quantitative estimate of drug-likeness (QED) is 0.384. The Morgan fingerprint density at radius 3 is 2.59 bits per heavy atom. The lowest BCUT2D eigenvalue weighted by Gasteiger charge is -2.30. The fourth-order valence-corrected chi connectivity index (χ4v) is 7.44. The lowest BCUT2D eigenvalue weighted by atomic mass is 9.75. The molecule has 2 bridgehead atoms. The van der Waals surface area contributed by atoms with Gasteiger partial charge in [0, 0.05) is 18.5 Å². The first kappa shape index (κ1) is 27.7. The predicted molar refractivity (Wildman–Crippen MR) is 177 cm³/mol. The van der Waals surface area contributed by atoms with Crippen molar-refractivity contribution in [3.8, 4) is 11.1 Å². The summed E-state index contributed by atoms with van der Waals surface area (Å²) in [5.41, 5.74) is 30.3. The van der Waals surface area contributed by atoms with Crippen LogP contribution in [0, 0.1) is 5.92 Å². The molecule has 2 heteroatoms. The molecule has 2 nitrogen and oxygen atoms in total. The van der Waals surface area contributed by atoms with Crippen molar-refractivity contribution in [3.63, 3.8) is 0 Å². The minimum Gasteiger partial charge on any atom is -0.327 e. The standard InChI is InChI=1S/C39H44N2/c1-5-28-17-24(2)7-6-8-34(28)39-26(4)18-33(41)23-37(39)32-21-35(30-13-11-29(12-14-30)25(3)15-16-40)38-20-27-9-10-31(19-27)36(38)22-32/h6-8,11-15,17,20-23,28,31,33H,5,9-10,16,18-19,40-41H2,1-4H3/b25-15+. The highest BCUT2D eigenvalue weighted by molar-refractivity contribution is 5.91. The number of benzene rings is 2. The molecule has 0 saturated heterocycles. The first-order valence-electron chi connectivity index (χ1n) is 15.5. The zero-order chi connectivity index (χ0) is 28.7. The fraction of sp³-hybridized carbons (Fsp3) is 0.333. The Labute approximate surface area is 246 Å². The van der Waals surface area contributed by atoms with Gasteiger partial charge in [-0.15, -0.1) is 0 Å². The highest BCUT2D eigenvalue weighted by atomic mass is 14.6. The number of hydrogen-bond donors (Lipinski definition) is 2. The molecule has 3 unspecified atom stereocenters. The topological polar surface area (TPSA) is 52.0 Å². The van der Waals surface area contributed by atoms with Crippen molar-refractivity contribution in [1.29, 1.82) is 0 Å². The van der Waals surface area contributed by atoms with Crippen LogP contribution in [0.4, 0.5) is 0 Å². The van der Waals surface area contributed by atoms with Crippen LogP contribution in [0.2, 0.25) is 0 Å². The van der Waals surface area contributed by atoms with E-state index in [-0.39, 0.29) is 6.04 Å². The summed E-state index contributed by atoms with van der Waals surface area (Å²) in [5.74, 6) is 1.00. The van der Waals surface area contributed by atoms with Gasteiger partial charge >= 0.3 is 0 Å². The SMILES string of the molecule is CCC1C=C(C)C=CC=C1C1=C(C)CC(N)C=C1c1cc(-c2ccc(/C(C)=C/CN)cc2)c2c(c1)C1CCC(=C2)C1. The van der Waals surface area contributed by atoms with Crippen LogP contribution in [0.1, 0.15) is 88.0 Å². The minimum absolute atomic E-state index is 0.0297. The molecule has 4 aliphatic carbocycles. The van der Waals surface area contributed by atoms with Gasteiger partial charge in [0.05, 0.1) is 0 Å². The van der Waals surface area contributed by atoms with Crippen LogP contribution in [-0.2, 0) is 0 Å². The highest BCUT2D eigenvalue weighted by Gasteiger charge is 2.31. The van der Waals surface area contributed by atoms with Crippen LogP contribution >= 0.6 is 0 Å². The number of allylic oxidation sites excluding steroid dienone is 10. The van der Waals surface area contributed by atoms with Gasteiger partial charge in [-0.25, -0.2) is 0 Å². The molecule has 2 aromatic rings. The minimum atomic E-state index is 0.0297.